The molecule has 0 aliphatic heterocycles. The molecule has 1 saturated carbocycles. The summed E-state index contributed by atoms with van der Waals surface area (Å²) in [5, 5.41) is 9.71. The normalized spacial score (nSPS) is 26.2. The van der Waals surface area contributed by atoms with Gasteiger partial charge in [0.2, 0.25) is 5.88 Å². The van der Waals surface area contributed by atoms with E-state index in [1.165, 1.54) is 0 Å². The molecule has 1 aromatic rings. The van der Waals surface area contributed by atoms with Crippen LogP contribution in [-0.4, -0.2) is 23.2 Å². The minimum atomic E-state index is -0.682. The van der Waals surface area contributed by atoms with E-state index in [4.69, 9.17) is 4.74 Å². The second kappa shape index (κ2) is 6.25. The molecule has 20 heavy (non-hydrogen) atoms. The maximum Gasteiger partial charge on any atom is 0.309 e. The summed E-state index contributed by atoms with van der Waals surface area (Å²) in [6, 6.07) is 3.76. The molecule has 0 radical (unpaired) electrons. The summed E-state index contributed by atoms with van der Waals surface area (Å²) in [5.74, 6) is 0.543. The lowest BCUT2D eigenvalue weighted by molar-refractivity contribution is -0.151. The fourth-order valence-corrected chi connectivity index (χ4v) is 3.21. The largest absolute Gasteiger partial charge is 0.481 e. The van der Waals surface area contributed by atoms with Crippen LogP contribution in [0.1, 0.15) is 44.6 Å². The van der Waals surface area contributed by atoms with E-state index < -0.39 is 11.4 Å². The van der Waals surface area contributed by atoms with E-state index >= 15 is 0 Å². The predicted molar refractivity (Wildman–Crippen MR) is 76.8 cm³/mol. The lowest BCUT2D eigenvalue weighted by atomic mass is 9.67. The molecule has 4 heteroatoms. The Bertz CT molecular complexity index is 465. The van der Waals surface area contributed by atoms with E-state index in [1.54, 1.807) is 13.3 Å². The second-order valence-electron chi connectivity index (χ2n) is 5.79. The molecule has 2 rings (SSSR count). The Morgan fingerprint density at radius 1 is 1.50 bits per heavy atom. The summed E-state index contributed by atoms with van der Waals surface area (Å²) in [6.45, 7) is 2.18. The zero-order valence-corrected chi connectivity index (χ0v) is 12.3. The van der Waals surface area contributed by atoms with Crippen LogP contribution in [-0.2, 0) is 11.2 Å². The van der Waals surface area contributed by atoms with Gasteiger partial charge in [-0.15, -0.1) is 0 Å². The summed E-state index contributed by atoms with van der Waals surface area (Å²) >= 11 is 0. The topological polar surface area (TPSA) is 59.4 Å². The lowest BCUT2D eigenvalue weighted by Gasteiger charge is -2.36. The molecule has 1 aliphatic rings. The van der Waals surface area contributed by atoms with Crippen LogP contribution in [0.15, 0.2) is 18.3 Å². The first-order valence-corrected chi connectivity index (χ1v) is 7.32. The van der Waals surface area contributed by atoms with Crippen LogP contribution in [0.5, 0.6) is 5.88 Å². The lowest BCUT2D eigenvalue weighted by Crippen LogP contribution is -2.37. The van der Waals surface area contributed by atoms with Gasteiger partial charge in [-0.3, -0.25) is 4.79 Å². The Balaban J connectivity index is 2.20. The maximum atomic E-state index is 11.8. The van der Waals surface area contributed by atoms with Crippen molar-refractivity contribution in [1.29, 1.82) is 0 Å². The molecule has 4 nitrogen and oxygen atoms in total. The van der Waals surface area contributed by atoms with E-state index in [1.807, 2.05) is 12.1 Å². The summed E-state index contributed by atoms with van der Waals surface area (Å²) in [7, 11) is 1.58. The van der Waals surface area contributed by atoms with Gasteiger partial charge in [0.25, 0.3) is 0 Å². The molecular weight excluding hydrogens is 254 g/mol. The van der Waals surface area contributed by atoms with Crippen LogP contribution < -0.4 is 4.74 Å². The molecule has 0 unspecified atom stereocenters. The van der Waals surface area contributed by atoms with Gasteiger partial charge in [0, 0.05) is 11.8 Å². The zero-order valence-electron chi connectivity index (χ0n) is 12.3. The molecule has 0 aromatic carbocycles. The highest BCUT2D eigenvalue weighted by molar-refractivity contribution is 5.75. The average Bonchev–Trinajstić information content (AvgIpc) is 2.48. The second-order valence-corrected chi connectivity index (χ2v) is 5.79. The number of ether oxygens (including phenoxy) is 1. The van der Waals surface area contributed by atoms with Crippen molar-refractivity contribution < 1.29 is 14.6 Å². The number of nitrogens with zero attached hydrogens (tertiary/aromatic N) is 1. The highest BCUT2D eigenvalue weighted by Gasteiger charge is 2.42. The summed E-state index contributed by atoms with van der Waals surface area (Å²) in [4.78, 5) is 16.0. The van der Waals surface area contributed by atoms with Crippen LogP contribution >= 0.6 is 0 Å². The van der Waals surface area contributed by atoms with Gasteiger partial charge in [0.1, 0.15) is 0 Å². The van der Waals surface area contributed by atoms with Crippen molar-refractivity contribution in [2.45, 2.75) is 45.4 Å². The number of carboxylic acid groups (broad SMARTS) is 1. The van der Waals surface area contributed by atoms with Gasteiger partial charge in [-0.1, -0.05) is 19.4 Å². The van der Waals surface area contributed by atoms with Crippen LogP contribution in [0.4, 0.5) is 0 Å². The number of hydrogen-bond donors (Lipinski definition) is 1. The Labute approximate surface area is 120 Å². The van der Waals surface area contributed by atoms with Crippen LogP contribution in [0.3, 0.4) is 0 Å². The molecule has 1 fully saturated rings. The molecule has 0 spiro atoms. The van der Waals surface area contributed by atoms with Gasteiger partial charge in [-0.2, -0.15) is 0 Å². The summed E-state index contributed by atoms with van der Waals surface area (Å²) < 4.78 is 5.25. The quantitative estimate of drug-likeness (QED) is 0.897. The van der Waals surface area contributed by atoms with E-state index in [9.17, 15) is 9.90 Å². The molecule has 0 atom stereocenters. The number of carbonyl (C=O) groups is 1. The smallest absolute Gasteiger partial charge is 0.309 e. The van der Waals surface area contributed by atoms with Crippen molar-refractivity contribution in [2.24, 2.45) is 11.3 Å². The van der Waals surface area contributed by atoms with Crippen molar-refractivity contribution >= 4 is 5.97 Å². The fourth-order valence-electron chi connectivity index (χ4n) is 3.21. The Morgan fingerprint density at radius 2 is 2.20 bits per heavy atom. The monoisotopic (exact) mass is 277 g/mol. The molecule has 1 N–H and O–H groups in total. The minimum Gasteiger partial charge on any atom is -0.481 e. The zero-order chi connectivity index (χ0) is 14.6. The van der Waals surface area contributed by atoms with Gasteiger partial charge in [0.05, 0.1) is 12.5 Å². The van der Waals surface area contributed by atoms with Crippen molar-refractivity contribution in [1.82, 2.24) is 4.98 Å². The molecule has 1 aromatic heterocycles. The Morgan fingerprint density at radius 3 is 2.75 bits per heavy atom. The third kappa shape index (κ3) is 2.94. The molecule has 0 bridgehead atoms. The van der Waals surface area contributed by atoms with Gasteiger partial charge in [-0.05, 0) is 44.1 Å². The highest BCUT2D eigenvalue weighted by atomic mass is 16.5. The van der Waals surface area contributed by atoms with Crippen molar-refractivity contribution in [3.05, 3.63) is 23.9 Å². The van der Waals surface area contributed by atoms with Gasteiger partial charge in [0.15, 0.2) is 0 Å². The van der Waals surface area contributed by atoms with Gasteiger partial charge < -0.3 is 9.84 Å². The highest BCUT2D eigenvalue weighted by Crippen LogP contribution is 2.43. The van der Waals surface area contributed by atoms with Crippen molar-refractivity contribution in [2.75, 3.05) is 7.11 Å². The maximum absolute atomic E-state index is 11.8. The molecule has 1 heterocycles. The average molecular weight is 277 g/mol. The molecule has 0 saturated heterocycles. The molecule has 1 aliphatic carbocycles. The van der Waals surface area contributed by atoms with E-state index in [2.05, 4.69) is 11.9 Å². The summed E-state index contributed by atoms with van der Waals surface area (Å²) in [6.07, 6.45) is 6.83. The SMILES string of the molecule is CCC1CCC(Cc2cccnc2OC)(C(=O)O)CC1. The van der Waals surface area contributed by atoms with E-state index in [-0.39, 0.29) is 0 Å². The number of hydrogen-bond acceptors (Lipinski definition) is 3. The third-order valence-electron chi connectivity index (χ3n) is 4.67. The van der Waals surface area contributed by atoms with E-state index in [0.29, 0.717) is 18.2 Å². The van der Waals surface area contributed by atoms with E-state index in [0.717, 1.165) is 37.7 Å². The molecule has 0 amide bonds. The fraction of sp³-hybridized carbons (Fsp3) is 0.625. The number of rotatable bonds is 5. The Hall–Kier alpha value is -1.58. The number of pyridine rings is 1. The number of aliphatic carboxylic acids is 1. The molecule has 110 valence electrons. The molecular formula is C16H23NO3. The van der Waals surface area contributed by atoms with Gasteiger partial charge in [-0.25, -0.2) is 4.98 Å². The number of methoxy groups -OCH3 is 1. The number of aromatic nitrogens is 1. The van der Waals surface area contributed by atoms with Crippen LogP contribution in [0.2, 0.25) is 0 Å². The standard InChI is InChI=1S/C16H23NO3/c1-3-12-6-8-16(9-7-12,15(18)19)11-13-5-4-10-17-14(13)20-2/h4-5,10,12H,3,6-9,11H2,1-2H3,(H,18,19). The third-order valence-corrected chi connectivity index (χ3v) is 4.67. The first-order valence-electron chi connectivity index (χ1n) is 7.32. The van der Waals surface area contributed by atoms with Crippen LogP contribution in [0, 0.1) is 11.3 Å². The van der Waals surface area contributed by atoms with Crippen molar-refractivity contribution in [3.8, 4) is 5.88 Å². The summed E-state index contributed by atoms with van der Waals surface area (Å²) in [5.41, 5.74) is 0.245. The van der Waals surface area contributed by atoms with Crippen LogP contribution in [0.25, 0.3) is 0 Å². The Kier molecular flexibility index (Phi) is 4.63. The minimum absolute atomic E-state index is 0.510. The first kappa shape index (κ1) is 14.8. The van der Waals surface area contributed by atoms with Crippen molar-refractivity contribution in [3.63, 3.8) is 0 Å². The first-order chi connectivity index (χ1) is 9.61. The number of carboxylic acids is 1. The predicted octanol–water partition coefficient (Wildman–Crippen LogP) is 3.30. The van der Waals surface area contributed by atoms with Gasteiger partial charge >= 0.3 is 5.97 Å².